The van der Waals surface area contributed by atoms with Crippen LogP contribution in [0.5, 0.6) is 17.2 Å². The third-order valence-electron chi connectivity index (χ3n) is 3.37. The Morgan fingerprint density at radius 2 is 1.85 bits per heavy atom. The largest absolute Gasteiger partial charge is 0.503 e. The molecule has 146 valence electrons. The molecule has 2 N–H and O–H groups in total. The summed E-state index contributed by atoms with van der Waals surface area (Å²) in [7, 11) is 0. The van der Waals surface area contributed by atoms with Crippen molar-refractivity contribution >= 4 is 17.5 Å². The predicted octanol–water partition coefficient (Wildman–Crippen LogP) is 4.32. The Bertz CT molecular complexity index is 794. The third-order valence-corrected chi connectivity index (χ3v) is 3.66. The third kappa shape index (κ3) is 6.25. The van der Waals surface area contributed by atoms with E-state index in [0.717, 1.165) is 0 Å². The summed E-state index contributed by atoms with van der Waals surface area (Å²) in [6.07, 6.45) is -4.40. The van der Waals surface area contributed by atoms with Gasteiger partial charge in [0.25, 0.3) is 5.91 Å². The minimum absolute atomic E-state index is 0.0164. The van der Waals surface area contributed by atoms with Crippen LogP contribution in [0.1, 0.15) is 22.8 Å². The first-order chi connectivity index (χ1) is 12.7. The molecule has 0 aliphatic rings. The fourth-order valence-electron chi connectivity index (χ4n) is 2.12. The Labute approximate surface area is 158 Å². The van der Waals surface area contributed by atoms with Gasteiger partial charge in [-0.15, -0.1) is 0 Å². The Morgan fingerprint density at radius 1 is 1.19 bits per heavy atom. The number of carbonyl (C=O) groups excluding carboxylic acids is 1. The average molecular weight is 404 g/mol. The lowest BCUT2D eigenvalue weighted by atomic mass is 10.1. The molecule has 9 heteroatoms. The Kier molecular flexibility index (Phi) is 6.79. The predicted molar refractivity (Wildman–Crippen MR) is 93.4 cm³/mol. The molecule has 0 heterocycles. The number of nitrogens with one attached hydrogen (secondary N) is 1. The molecule has 0 unspecified atom stereocenters. The lowest BCUT2D eigenvalue weighted by Crippen LogP contribution is -2.23. The highest BCUT2D eigenvalue weighted by Crippen LogP contribution is 2.35. The van der Waals surface area contributed by atoms with E-state index in [0.29, 0.717) is 5.56 Å². The van der Waals surface area contributed by atoms with E-state index in [4.69, 9.17) is 16.3 Å². The Hall–Kier alpha value is -2.61. The minimum atomic E-state index is -4.40. The summed E-state index contributed by atoms with van der Waals surface area (Å²) in [6, 6.07) is 8.54. The van der Waals surface area contributed by atoms with Gasteiger partial charge in [0.05, 0.1) is 11.6 Å². The standard InChI is InChI=1S/C18H17ClF3NO4/c1-2-26-15-8-12(7-14(19)16(15)24)17(25)23-9-11-3-5-13(6-4-11)27-10-18(20,21)22/h3-8,24H,2,9-10H2,1H3,(H,23,25). The molecule has 0 saturated heterocycles. The zero-order valence-electron chi connectivity index (χ0n) is 14.3. The SMILES string of the molecule is CCOc1cc(C(=O)NCc2ccc(OCC(F)(F)F)cc2)cc(Cl)c1O. The van der Waals surface area contributed by atoms with Gasteiger partial charge in [-0.1, -0.05) is 23.7 Å². The number of ether oxygens (including phenoxy) is 2. The number of halogens is 4. The summed E-state index contributed by atoms with van der Waals surface area (Å²) < 4.78 is 46.2. The number of rotatable bonds is 7. The fourth-order valence-corrected chi connectivity index (χ4v) is 2.33. The maximum absolute atomic E-state index is 12.3. The number of benzene rings is 2. The highest BCUT2D eigenvalue weighted by atomic mass is 35.5. The van der Waals surface area contributed by atoms with Crippen LogP contribution in [0.15, 0.2) is 36.4 Å². The van der Waals surface area contributed by atoms with Crippen LogP contribution in [0.2, 0.25) is 5.02 Å². The molecular weight excluding hydrogens is 387 g/mol. The molecular formula is C18H17ClF3NO4. The zero-order chi connectivity index (χ0) is 20.0. The molecule has 0 atom stereocenters. The second kappa shape index (κ2) is 8.85. The van der Waals surface area contributed by atoms with Gasteiger partial charge in [-0.25, -0.2) is 0 Å². The van der Waals surface area contributed by atoms with E-state index >= 15 is 0 Å². The van der Waals surface area contributed by atoms with E-state index in [1.165, 1.54) is 24.3 Å². The number of phenolic OH excluding ortho intramolecular Hbond substituents is 1. The summed E-state index contributed by atoms with van der Waals surface area (Å²) in [5.41, 5.74) is 0.865. The van der Waals surface area contributed by atoms with Gasteiger partial charge >= 0.3 is 6.18 Å². The molecule has 0 aliphatic heterocycles. The first kappa shape index (κ1) is 20.7. The van der Waals surface area contributed by atoms with Crippen molar-refractivity contribution in [3.8, 4) is 17.2 Å². The molecule has 0 fully saturated rings. The maximum atomic E-state index is 12.3. The van der Waals surface area contributed by atoms with Crippen molar-refractivity contribution in [2.75, 3.05) is 13.2 Å². The smallest absolute Gasteiger partial charge is 0.422 e. The van der Waals surface area contributed by atoms with Gasteiger partial charge in [0, 0.05) is 12.1 Å². The normalized spacial score (nSPS) is 11.1. The van der Waals surface area contributed by atoms with Gasteiger partial charge in [0.1, 0.15) is 5.75 Å². The van der Waals surface area contributed by atoms with Crippen molar-refractivity contribution in [1.29, 1.82) is 0 Å². The van der Waals surface area contributed by atoms with Crippen LogP contribution in [0.3, 0.4) is 0 Å². The maximum Gasteiger partial charge on any atom is 0.422 e. The number of carbonyl (C=O) groups is 1. The summed E-state index contributed by atoms with van der Waals surface area (Å²) in [4.78, 5) is 12.3. The second-order valence-electron chi connectivity index (χ2n) is 5.47. The molecule has 0 aliphatic carbocycles. The van der Waals surface area contributed by atoms with Crippen molar-refractivity contribution in [1.82, 2.24) is 5.32 Å². The molecule has 0 saturated carbocycles. The molecule has 0 aromatic heterocycles. The zero-order valence-corrected chi connectivity index (χ0v) is 15.0. The molecule has 2 rings (SSSR count). The number of hydrogen-bond acceptors (Lipinski definition) is 4. The van der Waals surface area contributed by atoms with Crippen LogP contribution in [0, 0.1) is 0 Å². The van der Waals surface area contributed by atoms with Gasteiger partial charge in [-0.2, -0.15) is 13.2 Å². The summed E-state index contributed by atoms with van der Waals surface area (Å²) in [6.45, 7) is 0.785. The first-order valence-electron chi connectivity index (χ1n) is 7.91. The topological polar surface area (TPSA) is 67.8 Å². The van der Waals surface area contributed by atoms with E-state index in [-0.39, 0.29) is 41.0 Å². The summed E-state index contributed by atoms with van der Waals surface area (Å²) in [5, 5.41) is 12.4. The minimum Gasteiger partial charge on any atom is -0.503 e. The lowest BCUT2D eigenvalue weighted by Gasteiger charge is -2.11. The number of hydrogen-bond donors (Lipinski definition) is 2. The molecule has 5 nitrogen and oxygen atoms in total. The fraction of sp³-hybridized carbons (Fsp3) is 0.278. The Morgan fingerprint density at radius 3 is 2.44 bits per heavy atom. The van der Waals surface area contributed by atoms with Gasteiger partial charge in [0.2, 0.25) is 0 Å². The van der Waals surface area contributed by atoms with Crippen molar-refractivity contribution in [2.24, 2.45) is 0 Å². The molecule has 0 spiro atoms. The van der Waals surface area contributed by atoms with Crippen LogP contribution in [-0.4, -0.2) is 30.4 Å². The number of phenols is 1. The molecule has 27 heavy (non-hydrogen) atoms. The van der Waals surface area contributed by atoms with Crippen LogP contribution < -0.4 is 14.8 Å². The summed E-state index contributed by atoms with van der Waals surface area (Å²) >= 11 is 5.89. The molecule has 2 aromatic carbocycles. The number of aromatic hydroxyl groups is 1. The van der Waals surface area contributed by atoms with Crippen LogP contribution in [0.4, 0.5) is 13.2 Å². The highest BCUT2D eigenvalue weighted by molar-refractivity contribution is 6.32. The highest BCUT2D eigenvalue weighted by Gasteiger charge is 2.28. The van der Waals surface area contributed by atoms with Crippen molar-refractivity contribution in [3.63, 3.8) is 0 Å². The van der Waals surface area contributed by atoms with E-state index in [9.17, 15) is 23.1 Å². The van der Waals surface area contributed by atoms with Gasteiger partial charge in [0.15, 0.2) is 18.1 Å². The molecule has 1 amide bonds. The van der Waals surface area contributed by atoms with Crippen LogP contribution in [-0.2, 0) is 6.54 Å². The number of alkyl halides is 3. The average Bonchev–Trinajstić information content (AvgIpc) is 2.62. The Balaban J connectivity index is 1.97. The molecule has 2 aromatic rings. The van der Waals surface area contributed by atoms with Crippen molar-refractivity contribution in [2.45, 2.75) is 19.6 Å². The van der Waals surface area contributed by atoms with Crippen LogP contribution in [0.25, 0.3) is 0 Å². The molecule has 0 radical (unpaired) electrons. The van der Waals surface area contributed by atoms with E-state index in [2.05, 4.69) is 10.1 Å². The number of amides is 1. The van der Waals surface area contributed by atoms with E-state index in [1.54, 1.807) is 19.1 Å². The van der Waals surface area contributed by atoms with Gasteiger partial charge < -0.3 is 19.9 Å². The van der Waals surface area contributed by atoms with E-state index in [1.807, 2.05) is 0 Å². The van der Waals surface area contributed by atoms with Crippen LogP contribution >= 0.6 is 11.6 Å². The van der Waals surface area contributed by atoms with Gasteiger partial charge in [-0.3, -0.25) is 4.79 Å². The first-order valence-corrected chi connectivity index (χ1v) is 8.29. The van der Waals surface area contributed by atoms with Gasteiger partial charge in [-0.05, 0) is 36.8 Å². The second-order valence-corrected chi connectivity index (χ2v) is 5.88. The summed E-state index contributed by atoms with van der Waals surface area (Å²) in [5.74, 6) is -0.518. The lowest BCUT2D eigenvalue weighted by molar-refractivity contribution is -0.153. The molecule has 0 bridgehead atoms. The quantitative estimate of drug-likeness (QED) is 0.722. The van der Waals surface area contributed by atoms with E-state index < -0.39 is 18.7 Å². The van der Waals surface area contributed by atoms with Crippen molar-refractivity contribution < 1.29 is 32.5 Å². The van der Waals surface area contributed by atoms with Crippen molar-refractivity contribution in [3.05, 3.63) is 52.5 Å². The monoisotopic (exact) mass is 403 g/mol.